The Bertz CT molecular complexity index is 580. The van der Waals surface area contributed by atoms with Crippen LogP contribution in [0.5, 0.6) is 5.75 Å². The third-order valence-corrected chi connectivity index (χ3v) is 3.96. The lowest BCUT2D eigenvalue weighted by atomic mass is 9.96. The van der Waals surface area contributed by atoms with E-state index in [4.69, 9.17) is 9.47 Å². The molecule has 1 N–H and O–H groups in total. The largest absolute Gasteiger partial charge is 0.497 e. The fourth-order valence-corrected chi connectivity index (χ4v) is 2.40. The van der Waals surface area contributed by atoms with Crippen LogP contribution in [0.4, 0.5) is 5.69 Å². The van der Waals surface area contributed by atoms with Gasteiger partial charge in [0.25, 0.3) is 5.91 Å². The zero-order valence-corrected chi connectivity index (χ0v) is 15.1. The number of hydrogen-bond donors (Lipinski definition) is 1. The van der Waals surface area contributed by atoms with E-state index in [2.05, 4.69) is 18.3 Å². The maximum atomic E-state index is 12.8. The van der Waals surface area contributed by atoms with Crippen molar-refractivity contribution in [3.8, 4) is 11.8 Å². The number of ether oxygens (including phenoxy) is 2. The van der Waals surface area contributed by atoms with E-state index in [1.807, 2.05) is 13.8 Å². The van der Waals surface area contributed by atoms with Crippen molar-refractivity contribution in [3.63, 3.8) is 0 Å². The molecule has 0 fully saturated rings. The van der Waals surface area contributed by atoms with Gasteiger partial charge in [0.05, 0.1) is 18.4 Å². The highest BCUT2D eigenvalue weighted by atomic mass is 16.5. The van der Waals surface area contributed by atoms with Crippen molar-refractivity contribution in [1.29, 1.82) is 5.26 Å². The van der Waals surface area contributed by atoms with Crippen molar-refractivity contribution >= 4 is 11.6 Å². The van der Waals surface area contributed by atoms with E-state index < -0.39 is 5.60 Å². The minimum absolute atomic E-state index is 0.214. The number of methoxy groups -OCH3 is 1. The molecule has 1 unspecified atom stereocenters. The highest BCUT2D eigenvalue weighted by molar-refractivity contribution is 5.98. The number of hydrogen-bond acceptors (Lipinski definition) is 4. The van der Waals surface area contributed by atoms with Crippen molar-refractivity contribution < 1.29 is 14.3 Å². The molecular weight excluding hydrogens is 304 g/mol. The molecule has 0 bridgehead atoms. The molecule has 0 saturated carbocycles. The summed E-state index contributed by atoms with van der Waals surface area (Å²) >= 11 is 0. The lowest BCUT2D eigenvalue weighted by molar-refractivity contribution is -0.140. The van der Waals surface area contributed by atoms with Crippen molar-refractivity contribution in [3.05, 3.63) is 23.8 Å². The predicted octanol–water partition coefficient (Wildman–Crippen LogP) is 4.27. The lowest BCUT2D eigenvalue weighted by Crippen LogP contribution is -2.43. The first-order valence-corrected chi connectivity index (χ1v) is 8.54. The summed E-state index contributed by atoms with van der Waals surface area (Å²) in [7, 11) is 1.54. The second-order valence-corrected chi connectivity index (χ2v) is 6.01. The Morgan fingerprint density at radius 3 is 2.62 bits per heavy atom. The zero-order valence-electron chi connectivity index (χ0n) is 15.1. The molecule has 132 valence electrons. The first-order valence-electron chi connectivity index (χ1n) is 8.54. The van der Waals surface area contributed by atoms with E-state index in [-0.39, 0.29) is 5.91 Å². The monoisotopic (exact) mass is 332 g/mol. The number of benzene rings is 1. The van der Waals surface area contributed by atoms with Gasteiger partial charge in [-0.3, -0.25) is 4.79 Å². The number of rotatable bonds is 10. The summed E-state index contributed by atoms with van der Waals surface area (Å²) in [5, 5.41) is 12.1. The van der Waals surface area contributed by atoms with E-state index in [0.29, 0.717) is 30.0 Å². The van der Waals surface area contributed by atoms with Gasteiger partial charge in [0, 0.05) is 6.61 Å². The highest BCUT2D eigenvalue weighted by Crippen LogP contribution is 2.26. The average molecular weight is 332 g/mol. The Kier molecular flexibility index (Phi) is 8.28. The number of anilines is 1. The number of nitrogens with one attached hydrogen (secondary N) is 1. The summed E-state index contributed by atoms with van der Waals surface area (Å²) in [6.07, 6.45) is 4.58. The Balaban J connectivity index is 2.93. The number of nitrogens with zero attached hydrogens (tertiary/aromatic N) is 1. The van der Waals surface area contributed by atoms with E-state index >= 15 is 0 Å². The van der Waals surface area contributed by atoms with Gasteiger partial charge < -0.3 is 14.8 Å². The Hall–Kier alpha value is -2.06. The number of nitriles is 1. The minimum Gasteiger partial charge on any atom is -0.497 e. The molecule has 1 aromatic carbocycles. The predicted molar refractivity (Wildman–Crippen MR) is 95.1 cm³/mol. The van der Waals surface area contributed by atoms with Crippen LogP contribution in [0.25, 0.3) is 0 Å². The van der Waals surface area contributed by atoms with Crippen molar-refractivity contribution in [1.82, 2.24) is 0 Å². The molecule has 0 heterocycles. The minimum atomic E-state index is -0.891. The second kappa shape index (κ2) is 9.94. The van der Waals surface area contributed by atoms with Crippen LogP contribution in [0.15, 0.2) is 18.2 Å². The molecule has 1 aromatic rings. The Morgan fingerprint density at radius 1 is 1.29 bits per heavy atom. The van der Waals surface area contributed by atoms with Crippen LogP contribution in [0.3, 0.4) is 0 Å². The Labute approximate surface area is 145 Å². The molecule has 1 amide bonds. The van der Waals surface area contributed by atoms with Gasteiger partial charge in [0.1, 0.15) is 17.4 Å². The molecule has 5 nitrogen and oxygen atoms in total. The highest BCUT2D eigenvalue weighted by Gasteiger charge is 2.34. The standard InChI is InChI=1S/C19H28N2O3/c1-5-7-8-11-19(3,24-12-6-2)18(22)21-17-10-9-16(23-4)13-15(17)14-20/h9-10,13H,5-8,11-12H2,1-4H3,(H,21,22). The van der Waals surface area contributed by atoms with Crippen LogP contribution in [-0.2, 0) is 9.53 Å². The molecule has 0 radical (unpaired) electrons. The van der Waals surface area contributed by atoms with Gasteiger partial charge in [-0.25, -0.2) is 0 Å². The quantitative estimate of drug-likeness (QED) is 0.649. The maximum Gasteiger partial charge on any atom is 0.256 e. The topological polar surface area (TPSA) is 71.3 Å². The molecule has 1 rings (SSSR count). The SMILES string of the molecule is CCCCCC(C)(OCCC)C(=O)Nc1ccc(OC)cc1C#N. The molecule has 0 aliphatic carbocycles. The molecule has 24 heavy (non-hydrogen) atoms. The molecule has 0 aliphatic heterocycles. The normalized spacial score (nSPS) is 13.0. The first kappa shape index (κ1) is 20.0. The van der Waals surface area contributed by atoms with Crippen LogP contribution in [0.2, 0.25) is 0 Å². The second-order valence-electron chi connectivity index (χ2n) is 6.01. The van der Waals surface area contributed by atoms with Gasteiger partial charge in [0.15, 0.2) is 0 Å². The van der Waals surface area contributed by atoms with Crippen molar-refractivity contribution in [2.24, 2.45) is 0 Å². The molecule has 5 heteroatoms. The summed E-state index contributed by atoms with van der Waals surface area (Å²) < 4.78 is 11.0. The summed E-state index contributed by atoms with van der Waals surface area (Å²) in [4.78, 5) is 12.8. The van der Waals surface area contributed by atoms with Crippen LogP contribution >= 0.6 is 0 Å². The van der Waals surface area contributed by atoms with Crippen molar-refractivity contribution in [2.45, 2.75) is 58.5 Å². The first-order chi connectivity index (χ1) is 11.5. The van der Waals surface area contributed by atoms with Gasteiger partial charge in [-0.15, -0.1) is 0 Å². The van der Waals surface area contributed by atoms with E-state index in [1.54, 1.807) is 18.2 Å². The maximum absolute atomic E-state index is 12.8. The molecule has 1 atom stereocenters. The lowest BCUT2D eigenvalue weighted by Gasteiger charge is -2.29. The van der Waals surface area contributed by atoms with Gasteiger partial charge in [-0.05, 0) is 38.0 Å². The third kappa shape index (κ3) is 5.54. The summed E-state index contributed by atoms with van der Waals surface area (Å²) in [6, 6.07) is 7.10. The average Bonchev–Trinajstić information content (AvgIpc) is 2.60. The Morgan fingerprint density at radius 2 is 2.04 bits per heavy atom. The molecule has 0 aliphatic rings. The van der Waals surface area contributed by atoms with Gasteiger partial charge in [-0.1, -0.05) is 33.1 Å². The van der Waals surface area contributed by atoms with E-state index in [9.17, 15) is 10.1 Å². The zero-order chi connectivity index (χ0) is 18.0. The van der Waals surface area contributed by atoms with E-state index in [1.165, 1.54) is 7.11 Å². The molecule has 0 aromatic heterocycles. The van der Waals surface area contributed by atoms with Crippen LogP contribution in [-0.4, -0.2) is 25.2 Å². The number of unbranched alkanes of at least 4 members (excludes halogenated alkanes) is 2. The summed E-state index contributed by atoms with van der Waals surface area (Å²) in [5.74, 6) is 0.367. The molecule has 0 saturated heterocycles. The number of carbonyl (C=O) groups excluding carboxylic acids is 1. The van der Waals surface area contributed by atoms with Gasteiger partial charge in [0.2, 0.25) is 0 Å². The summed E-state index contributed by atoms with van der Waals surface area (Å²) in [6.45, 7) is 6.50. The summed E-state index contributed by atoms with van der Waals surface area (Å²) in [5.41, 5.74) is -0.0445. The van der Waals surface area contributed by atoms with Gasteiger partial charge >= 0.3 is 0 Å². The van der Waals surface area contributed by atoms with Crippen LogP contribution in [0.1, 0.15) is 58.4 Å². The fourth-order valence-electron chi connectivity index (χ4n) is 2.40. The third-order valence-electron chi connectivity index (χ3n) is 3.96. The number of amides is 1. The van der Waals surface area contributed by atoms with Crippen molar-refractivity contribution in [2.75, 3.05) is 19.0 Å². The molecular formula is C19H28N2O3. The smallest absolute Gasteiger partial charge is 0.256 e. The van der Waals surface area contributed by atoms with E-state index in [0.717, 1.165) is 25.7 Å². The van der Waals surface area contributed by atoms with Crippen LogP contribution in [0, 0.1) is 11.3 Å². The number of carbonyl (C=O) groups is 1. The fraction of sp³-hybridized carbons (Fsp3) is 0.579. The molecule has 0 spiro atoms. The van der Waals surface area contributed by atoms with Gasteiger partial charge in [-0.2, -0.15) is 5.26 Å². The van der Waals surface area contributed by atoms with Crippen LogP contribution < -0.4 is 10.1 Å².